The summed E-state index contributed by atoms with van der Waals surface area (Å²) in [7, 11) is -3.29. The third-order valence-electron chi connectivity index (χ3n) is 3.52. The molecule has 0 aliphatic carbocycles. The summed E-state index contributed by atoms with van der Waals surface area (Å²) in [4.78, 5) is 14.7. The van der Waals surface area contributed by atoms with Crippen LogP contribution in [-0.2, 0) is 9.84 Å². The maximum atomic E-state index is 12.2. The fraction of sp³-hybridized carbons (Fsp3) is 0.417. The minimum Gasteiger partial charge on any atom is -0.305 e. The molecule has 102 valence electrons. The van der Waals surface area contributed by atoms with Crippen molar-refractivity contribution in [2.75, 3.05) is 5.75 Å². The van der Waals surface area contributed by atoms with Gasteiger partial charge in [0.25, 0.3) is 0 Å². The molecule has 2 heterocycles. The maximum absolute atomic E-state index is 12.2. The molecule has 19 heavy (non-hydrogen) atoms. The zero-order chi connectivity index (χ0) is 13.6. The molecule has 1 fully saturated rings. The molecule has 0 amide bonds. The standard InChI is InChI=1S/C12H13ClN2O3S/c13-8-4-3-5-9-11(8)15(12(16)14-9)10-6-1-2-7-19(10,17)18/h3-5,10H,1-2,6-7H2,(H,14,16). The summed E-state index contributed by atoms with van der Waals surface area (Å²) in [5.74, 6) is 0.126. The van der Waals surface area contributed by atoms with E-state index < -0.39 is 20.9 Å². The van der Waals surface area contributed by atoms with Crippen molar-refractivity contribution in [1.82, 2.24) is 9.55 Å². The number of nitrogens with one attached hydrogen (secondary N) is 1. The Kier molecular flexibility index (Phi) is 2.94. The summed E-state index contributed by atoms with van der Waals surface area (Å²) in [6, 6.07) is 5.10. The van der Waals surface area contributed by atoms with Crippen molar-refractivity contribution in [3.8, 4) is 0 Å². The van der Waals surface area contributed by atoms with Crippen LogP contribution in [0.5, 0.6) is 0 Å². The summed E-state index contributed by atoms with van der Waals surface area (Å²) < 4.78 is 25.6. The van der Waals surface area contributed by atoms with Gasteiger partial charge in [0.1, 0.15) is 5.37 Å². The van der Waals surface area contributed by atoms with Crippen molar-refractivity contribution in [2.24, 2.45) is 0 Å². The highest BCUT2D eigenvalue weighted by molar-refractivity contribution is 7.91. The van der Waals surface area contributed by atoms with Gasteiger partial charge in [0, 0.05) is 0 Å². The number of para-hydroxylation sites is 1. The maximum Gasteiger partial charge on any atom is 0.327 e. The van der Waals surface area contributed by atoms with E-state index in [2.05, 4.69) is 4.98 Å². The number of aromatic amines is 1. The van der Waals surface area contributed by atoms with Crippen molar-refractivity contribution in [2.45, 2.75) is 24.6 Å². The molecule has 1 N–H and O–H groups in total. The largest absolute Gasteiger partial charge is 0.327 e. The van der Waals surface area contributed by atoms with E-state index in [0.29, 0.717) is 28.9 Å². The van der Waals surface area contributed by atoms with Crippen LogP contribution < -0.4 is 5.69 Å². The lowest BCUT2D eigenvalue weighted by Gasteiger charge is -2.23. The first-order chi connectivity index (χ1) is 9.00. The Morgan fingerprint density at radius 1 is 1.32 bits per heavy atom. The Balaban J connectivity index is 2.31. The van der Waals surface area contributed by atoms with Gasteiger partial charge >= 0.3 is 5.69 Å². The highest BCUT2D eigenvalue weighted by Gasteiger charge is 2.33. The summed E-state index contributed by atoms with van der Waals surface area (Å²) in [6.45, 7) is 0. The van der Waals surface area contributed by atoms with Gasteiger partial charge in [-0.3, -0.25) is 4.57 Å². The normalized spacial score (nSPS) is 22.7. The van der Waals surface area contributed by atoms with Crippen molar-refractivity contribution >= 4 is 32.5 Å². The molecule has 1 aliphatic heterocycles. The van der Waals surface area contributed by atoms with E-state index >= 15 is 0 Å². The molecular formula is C12H13ClN2O3S. The molecule has 5 nitrogen and oxygen atoms in total. The first-order valence-corrected chi connectivity index (χ1v) is 8.20. The first kappa shape index (κ1) is 12.7. The SMILES string of the molecule is O=c1[nH]c2cccc(Cl)c2n1C1CCCCS1(=O)=O. The van der Waals surface area contributed by atoms with Gasteiger partial charge in [-0.05, 0) is 31.4 Å². The molecule has 0 bridgehead atoms. The lowest BCUT2D eigenvalue weighted by Crippen LogP contribution is -2.32. The van der Waals surface area contributed by atoms with Gasteiger partial charge in [-0.15, -0.1) is 0 Å². The van der Waals surface area contributed by atoms with Crippen LogP contribution in [0.4, 0.5) is 0 Å². The van der Waals surface area contributed by atoms with Gasteiger partial charge in [-0.2, -0.15) is 0 Å². The minimum absolute atomic E-state index is 0.126. The van der Waals surface area contributed by atoms with Crippen molar-refractivity contribution in [3.05, 3.63) is 33.7 Å². The number of H-pyrrole nitrogens is 1. The van der Waals surface area contributed by atoms with E-state index in [1.807, 2.05) is 0 Å². The zero-order valence-corrected chi connectivity index (χ0v) is 11.7. The van der Waals surface area contributed by atoms with E-state index in [9.17, 15) is 13.2 Å². The van der Waals surface area contributed by atoms with Gasteiger partial charge in [-0.25, -0.2) is 13.2 Å². The van der Waals surface area contributed by atoms with Gasteiger partial charge < -0.3 is 4.98 Å². The summed E-state index contributed by atoms with van der Waals surface area (Å²) in [5, 5.41) is -0.418. The average Bonchev–Trinajstić information content (AvgIpc) is 2.66. The quantitative estimate of drug-likeness (QED) is 0.876. The second-order valence-corrected chi connectivity index (χ2v) is 7.44. The van der Waals surface area contributed by atoms with Crippen molar-refractivity contribution in [3.63, 3.8) is 0 Å². The van der Waals surface area contributed by atoms with E-state index in [-0.39, 0.29) is 5.75 Å². The Morgan fingerprint density at radius 3 is 2.84 bits per heavy atom. The number of nitrogens with zero attached hydrogens (tertiary/aromatic N) is 1. The molecule has 3 rings (SSSR count). The number of benzene rings is 1. The molecule has 7 heteroatoms. The Morgan fingerprint density at radius 2 is 2.11 bits per heavy atom. The molecule has 0 spiro atoms. The molecule has 2 aromatic rings. The Bertz CT molecular complexity index is 791. The average molecular weight is 301 g/mol. The molecule has 0 radical (unpaired) electrons. The Hall–Kier alpha value is -1.27. The molecule has 1 saturated heterocycles. The second-order valence-electron chi connectivity index (χ2n) is 4.75. The van der Waals surface area contributed by atoms with E-state index in [1.165, 1.54) is 4.57 Å². The highest BCUT2D eigenvalue weighted by Crippen LogP contribution is 2.32. The third-order valence-corrected chi connectivity index (χ3v) is 5.96. The monoisotopic (exact) mass is 300 g/mol. The summed E-state index contributed by atoms with van der Waals surface area (Å²) >= 11 is 6.11. The smallest absolute Gasteiger partial charge is 0.305 e. The van der Waals surface area contributed by atoms with Crippen LogP contribution in [0.15, 0.2) is 23.0 Å². The molecule has 1 atom stereocenters. The van der Waals surface area contributed by atoms with Crippen LogP contribution >= 0.6 is 11.6 Å². The fourth-order valence-corrected chi connectivity index (χ4v) is 4.83. The van der Waals surface area contributed by atoms with Gasteiger partial charge in [0.05, 0.1) is 21.8 Å². The number of halogens is 1. The van der Waals surface area contributed by atoms with Crippen molar-refractivity contribution < 1.29 is 8.42 Å². The number of fused-ring (bicyclic) bond motifs is 1. The van der Waals surface area contributed by atoms with Crippen LogP contribution in [-0.4, -0.2) is 23.7 Å². The van der Waals surface area contributed by atoms with E-state index in [1.54, 1.807) is 18.2 Å². The fourth-order valence-electron chi connectivity index (χ4n) is 2.64. The lowest BCUT2D eigenvalue weighted by molar-refractivity contribution is 0.490. The van der Waals surface area contributed by atoms with Gasteiger partial charge in [-0.1, -0.05) is 17.7 Å². The topological polar surface area (TPSA) is 71.9 Å². The van der Waals surface area contributed by atoms with Crippen LogP contribution in [0, 0.1) is 0 Å². The number of rotatable bonds is 1. The molecule has 1 aromatic heterocycles. The van der Waals surface area contributed by atoms with Crippen LogP contribution in [0.2, 0.25) is 5.02 Å². The zero-order valence-electron chi connectivity index (χ0n) is 10.1. The van der Waals surface area contributed by atoms with Crippen molar-refractivity contribution in [1.29, 1.82) is 0 Å². The minimum atomic E-state index is -3.29. The number of sulfone groups is 1. The van der Waals surface area contributed by atoms with E-state index in [0.717, 1.165) is 6.42 Å². The first-order valence-electron chi connectivity index (χ1n) is 6.11. The molecule has 1 unspecified atom stereocenters. The number of aromatic nitrogens is 2. The summed E-state index contributed by atoms with van der Waals surface area (Å²) in [5.41, 5.74) is 0.626. The predicted octanol–water partition coefficient (Wildman–Crippen LogP) is 2.08. The molecule has 1 aliphatic rings. The van der Waals surface area contributed by atoms with Gasteiger partial charge in [0.15, 0.2) is 9.84 Å². The number of hydrogen-bond acceptors (Lipinski definition) is 3. The summed E-state index contributed by atoms with van der Waals surface area (Å²) in [6.07, 6.45) is 1.91. The number of imidazole rings is 1. The predicted molar refractivity (Wildman–Crippen MR) is 74.2 cm³/mol. The second kappa shape index (κ2) is 4.38. The van der Waals surface area contributed by atoms with Crippen LogP contribution in [0.1, 0.15) is 24.6 Å². The number of hydrogen-bond donors (Lipinski definition) is 1. The molecular weight excluding hydrogens is 288 g/mol. The highest BCUT2D eigenvalue weighted by atomic mass is 35.5. The molecule has 0 saturated carbocycles. The Labute approximate surface area is 115 Å². The van der Waals surface area contributed by atoms with E-state index in [4.69, 9.17) is 11.6 Å². The van der Waals surface area contributed by atoms with Crippen LogP contribution in [0.25, 0.3) is 11.0 Å². The molecule has 1 aromatic carbocycles. The van der Waals surface area contributed by atoms with Gasteiger partial charge in [0.2, 0.25) is 0 Å². The van der Waals surface area contributed by atoms with Crippen LogP contribution in [0.3, 0.4) is 0 Å². The third kappa shape index (κ3) is 1.99. The lowest BCUT2D eigenvalue weighted by atomic mass is 10.2.